The number of carbonyl (C=O) groups is 1. The van der Waals surface area contributed by atoms with Crippen LogP contribution in [-0.2, 0) is 14.3 Å². The van der Waals surface area contributed by atoms with Gasteiger partial charge in [0.05, 0.1) is 12.0 Å². The molecule has 0 radical (unpaired) electrons. The first kappa shape index (κ1) is 22.1. The Morgan fingerprint density at radius 3 is 1.82 bits per heavy atom. The summed E-state index contributed by atoms with van der Waals surface area (Å²) in [5, 5.41) is 0. The Morgan fingerprint density at radius 1 is 0.893 bits per heavy atom. The van der Waals surface area contributed by atoms with E-state index >= 15 is 0 Å². The molecule has 162 valence electrons. The summed E-state index contributed by atoms with van der Waals surface area (Å²) in [6, 6.07) is 0. The highest BCUT2D eigenvalue weighted by Gasteiger charge is 2.49. The van der Waals surface area contributed by atoms with Crippen LogP contribution in [0.1, 0.15) is 93.9 Å². The van der Waals surface area contributed by atoms with Gasteiger partial charge in [-0.05, 0) is 92.8 Å². The number of hydrogen-bond acceptors (Lipinski definition) is 3. The van der Waals surface area contributed by atoms with Gasteiger partial charge in [0.15, 0.2) is 6.29 Å². The van der Waals surface area contributed by atoms with Crippen molar-refractivity contribution in [2.75, 3.05) is 6.61 Å². The molecule has 4 bridgehead atoms. The van der Waals surface area contributed by atoms with Gasteiger partial charge in [-0.2, -0.15) is 0 Å². The molecule has 0 spiro atoms. The van der Waals surface area contributed by atoms with E-state index in [1.165, 1.54) is 32.1 Å². The lowest BCUT2D eigenvalue weighted by Crippen LogP contribution is -2.47. The molecule has 0 aromatic rings. The molecule has 4 aliphatic rings. The highest BCUT2D eigenvalue weighted by molar-refractivity contribution is 5.77. The first-order valence-corrected chi connectivity index (χ1v) is 11.6. The summed E-state index contributed by atoms with van der Waals surface area (Å²) in [7, 11) is 0. The topological polar surface area (TPSA) is 35.5 Å². The van der Waals surface area contributed by atoms with E-state index in [2.05, 4.69) is 48.5 Å². The minimum atomic E-state index is -0.536. The van der Waals surface area contributed by atoms with E-state index < -0.39 is 11.7 Å². The minimum absolute atomic E-state index is 0.0610. The Balaban J connectivity index is 1.56. The molecular formula is C25H44O3. The van der Waals surface area contributed by atoms with Gasteiger partial charge in [0.2, 0.25) is 0 Å². The number of ether oxygens (including phenoxy) is 2. The molecule has 28 heavy (non-hydrogen) atoms. The molecular weight excluding hydrogens is 348 g/mol. The quantitative estimate of drug-likeness (QED) is 0.385. The van der Waals surface area contributed by atoms with E-state index in [0.717, 1.165) is 36.7 Å². The first-order valence-electron chi connectivity index (χ1n) is 11.6. The van der Waals surface area contributed by atoms with Gasteiger partial charge < -0.3 is 9.47 Å². The summed E-state index contributed by atoms with van der Waals surface area (Å²) >= 11 is 0. The van der Waals surface area contributed by atoms with Crippen LogP contribution >= 0.6 is 0 Å². The van der Waals surface area contributed by atoms with E-state index in [-0.39, 0.29) is 16.8 Å². The van der Waals surface area contributed by atoms with Crippen LogP contribution in [0.5, 0.6) is 0 Å². The molecule has 3 nitrogen and oxygen atoms in total. The summed E-state index contributed by atoms with van der Waals surface area (Å²) in [5.74, 6) is 4.22. The van der Waals surface area contributed by atoms with Crippen LogP contribution in [0, 0.1) is 45.8 Å². The largest absolute Gasteiger partial charge is 0.436 e. The van der Waals surface area contributed by atoms with Gasteiger partial charge in [0, 0.05) is 0 Å². The molecule has 0 heterocycles. The fraction of sp³-hybridized carbons (Fsp3) is 0.960. The lowest BCUT2D eigenvalue weighted by Gasteiger charge is -2.54. The maximum atomic E-state index is 13.2. The molecule has 0 N–H and O–H groups in total. The van der Waals surface area contributed by atoms with Crippen molar-refractivity contribution in [3.05, 3.63) is 0 Å². The molecule has 4 fully saturated rings. The lowest BCUT2D eigenvalue weighted by atomic mass is 9.52. The van der Waals surface area contributed by atoms with E-state index in [9.17, 15) is 4.79 Å². The predicted octanol–water partition coefficient (Wildman–Crippen LogP) is 6.45. The van der Waals surface area contributed by atoms with Crippen molar-refractivity contribution in [3.8, 4) is 0 Å². The van der Waals surface area contributed by atoms with Crippen molar-refractivity contribution in [2.45, 2.75) is 100 Å². The highest BCUT2D eigenvalue weighted by atomic mass is 16.7. The molecule has 3 heteroatoms. The summed E-state index contributed by atoms with van der Waals surface area (Å²) in [4.78, 5) is 13.2. The molecule has 4 aliphatic carbocycles. The Bertz CT molecular complexity index is 539. The Hall–Kier alpha value is -0.570. The van der Waals surface area contributed by atoms with Crippen LogP contribution in [0.3, 0.4) is 0 Å². The van der Waals surface area contributed by atoms with Crippen molar-refractivity contribution in [3.63, 3.8) is 0 Å². The molecule has 0 amide bonds. The predicted molar refractivity (Wildman–Crippen MR) is 114 cm³/mol. The average molecular weight is 393 g/mol. The second-order valence-electron chi connectivity index (χ2n) is 12.7. The van der Waals surface area contributed by atoms with Crippen molar-refractivity contribution in [1.29, 1.82) is 0 Å². The van der Waals surface area contributed by atoms with Gasteiger partial charge >= 0.3 is 5.97 Å². The fourth-order valence-corrected chi connectivity index (χ4v) is 6.58. The second-order valence-corrected chi connectivity index (χ2v) is 12.7. The number of esters is 1. The smallest absolute Gasteiger partial charge is 0.314 e. The lowest BCUT2D eigenvalue weighted by molar-refractivity contribution is -0.201. The number of hydrogen-bond donors (Lipinski definition) is 0. The van der Waals surface area contributed by atoms with Crippen molar-refractivity contribution < 1.29 is 14.3 Å². The van der Waals surface area contributed by atoms with Crippen LogP contribution in [0.2, 0.25) is 0 Å². The molecule has 0 aliphatic heterocycles. The maximum Gasteiger partial charge on any atom is 0.314 e. The first-order chi connectivity index (χ1) is 12.8. The van der Waals surface area contributed by atoms with Crippen molar-refractivity contribution in [2.24, 2.45) is 45.8 Å². The fourth-order valence-electron chi connectivity index (χ4n) is 6.58. The molecule has 4 rings (SSSR count). The molecule has 0 saturated heterocycles. The summed E-state index contributed by atoms with van der Waals surface area (Å²) < 4.78 is 12.0. The van der Waals surface area contributed by atoms with E-state index in [0.29, 0.717) is 5.92 Å². The third-order valence-corrected chi connectivity index (χ3v) is 8.21. The third kappa shape index (κ3) is 4.60. The zero-order valence-corrected chi connectivity index (χ0v) is 19.6. The highest BCUT2D eigenvalue weighted by Crippen LogP contribution is 2.56. The molecule has 0 aromatic heterocycles. The van der Waals surface area contributed by atoms with E-state index in [4.69, 9.17) is 9.47 Å². The zero-order valence-electron chi connectivity index (χ0n) is 19.6. The van der Waals surface area contributed by atoms with Crippen LogP contribution < -0.4 is 0 Å². The van der Waals surface area contributed by atoms with E-state index in [1.807, 2.05) is 6.92 Å². The maximum absolute atomic E-state index is 13.2. The molecule has 2 atom stereocenters. The molecule has 0 aromatic carbocycles. The van der Waals surface area contributed by atoms with E-state index in [1.54, 1.807) is 0 Å². The van der Waals surface area contributed by atoms with Crippen LogP contribution in [0.15, 0.2) is 0 Å². The average Bonchev–Trinajstić information content (AvgIpc) is 2.50. The van der Waals surface area contributed by atoms with Crippen LogP contribution in [0.25, 0.3) is 0 Å². The van der Waals surface area contributed by atoms with Gasteiger partial charge in [-0.25, -0.2) is 0 Å². The van der Waals surface area contributed by atoms with Crippen molar-refractivity contribution >= 4 is 5.97 Å². The number of rotatable bonds is 6. The SMILES string of the molecule is CC(OCC1C2CC3CC(C2)CC1C3)OC(=O)C(C)(CC(C)(C)C)C(C)(C)C. The van der Waals surface area contributed by atoms with Crippen LogP contribution in [0.4, 0.5) is 0 Å². The third-order valence-electron chi connectivity index (χ3n) is 8.21. The van der Waals surface area contributed by atoms with Gasteiger partial charge in [0.1, 0.15) is 0 Å². The monoisotopic (exact) mass is 392 g/mol. The Morgan fingerprint density at radius 2 is 1.39 bits per heavy atom. The molecule has 2 unspecified atom stereocenters. The van der Waals surface area contributed by atoms with Gasteiger partial charge in [0.25, 0.3) is 0 Å². The normalized spacial score (nSPS) is 35.5. The summed E-state index contributed by atoms with van der Waals surface area (Å²) in [6.07, 6.45) is 7.43. The molecule has 4 saturated carbocycles. The Kier molecular flexibility index (Phi) is 6.00. The van der Waals surface area contributed by atoms with Gasteiger partial charge in [-0.1, -0.05) is 41.5 Å². The summed E-state index contributed by atoms with van der Waals surface area (Å²) in [5.41, 5.74) is -0.643. The van der Waals surface area contributed by atoms with Crippen molar-refractivity contribution in [1.82, 2.24) is 0 Å². The number of carbonyl (C=O) groups excluding carboxylic acids is 1. The zero-order chi connectivity index (χ0) is 20.9. The van der Waals surface area contributed by atoms with Crippen LogP contribution in [-0.4, -0.2) is 18.9 Å². The minimum Gasteiger partial charge on any atom is -0.436 e. The van der Waals surface area contributed by atoms with Gasteiger partial charge in [-0.15, -0.1) is 0 Å². The standard InChI is InChI=1S/C25H44O3/c1-16(28-22(26)25(8,24(5,6)7)15-23(2,3)4)27-14-21-19-10-17-9-18(12-19)13-20(21)11-17/h16-21H,9-15H2,1-8H3. The summed E-state index contributed by atoms with van der Waals surface area (Å²) in [6.45, 7) is 17.7. The van der Waals surface area contributed by atoms with Gasteiger partial charge in [-0.3, -0.25) is 4.79 Å². The Labute approximate surface area is 173 Å². The second kappa shape index (κ2) is 7.60.